The molecule has 1 aliphatic rings. The highest BCUT2D eigenvalue weighted by molar-refractivity contribution is 8.14. The molecule has 0 aliphatic carbocycles. The third-order valence-corrected chi connectivity index (χ3v) is 5.47. The molecule has 0 radical (unpaired) electrons. The van der Waals surface area contributed by atoms with Gasteiger partial charge in [0.15, 0.2) is 0 Å². The fourth-order valence-corrected chi connectivity index (χ4v) is 4.05. The van der Waals surface area contributed by atoms with Crippen LogP contribution < -0.4 is 4.90 Å². The number of pyridine rings is 1. The zero-order valence-electron chi connectivity index (χ0n) is 14.9. The summed E-state index contributed by atoms with van der Waals surface area (Å²) in [6.45, 7) is 1.76. The molecular formula is C20H20N2O4S. The summed E-state index contributed by atoms with van der Waals surface area (Å²) in [7, 11) is 0. The number of thioether (sulfide) groups is 1. The molecule has 7 heteroatoms. The molecule has 0 saturated heterocycles. The molecule has 27 heavy (non-hydrogen) atoms. The highest BCUT2D eigenvalue weighted by Crippen LogP contribution is 2.31. The summed E-state index contributed by atoms with van der Waals surface area (Å²) in [5.41, 5.74) is 2.80. The lowest BCUT2D eigenvalue weighted by Gasteiger charge is -2.34. The smallest absolute Gasteiger partial charge is 0.326 e. The van der Waals surface area contributed by atoms with Crippen LogP contribution in [0.2, 0.25) is 0 Å². The maximum atomic E-state index is 12.8. The largest absolute Gasteiger partial charge is 0.480 e. The Morgan fingerprint density at radius 1 is 1.22 bits per heavy atom. The fourth-order valence-electron chi connectivity index (χ4n) is 3.22. The van der Waals surface area contributed by atoms with Gasteiger partial charge in [-0.25, -0.2) is 4.79 Å². The van der Waals surface area contributed by atoms with Gasteiger partial charge in [-0.1, -0.05) is 30.0 Å². The maximum absolute atomic E-state index is 12.8. The molecule has 2 aromatic rings. The minimum absolute atomic E-state index is 0.0911. The van der Waals surface area contributed by atoms with Crippen molar-refractivity contribution in [3.05, 3.63) is 59.4 Å². The van der Waals surface area contributed by atoms with E-state index in [9.17, 15) is 19.5 Å². The Bertz CT molecular complexity index is 884. The number of carboxylic acids is 1. The van der Waals surface area contributed by atoms with Gasteiger partial charge in [-0.05, 0) is 43.5 Å². The summed E-state index contributed by atoms with van der Waals surface area (Å²) >= 11 is 1.05. The monoisotopic (exact) mass is 384 g/mol. The van der Waals surface area contributed by atoms with Gasteiger partial charge in [0.2, 0.25) is 11.0 Å². The third kappa shape index (κ3) is 4.19. The standard InChI is InChI=1S/C20H20N2O4S/c1-13-15(6-4-11-21-13)20(26)27-12-10-18(23)22-16-7-3-2-5-14(16)8-9-17(22)19(24)25/h2-7,11,17H,8-10,12H2,1H3,(H,24,25). The van der Waals surface area contributed by atoms with E-state index < -0.39 is 12.0 Å². The first kappa shape index (κ1) is 19.1. The number of nitrogens with zero attached hydrogens (tertiary/aromatic N) is 2. The van der Waals surface area contributed by atoms with Crippen molar-refractivity contribution in [1.29, 1.82) is 0 Å². The van der Waals surface area contributed by atoms with Crippen molar-refractivity contribution in [3.8, 4) is 0 Å². The van der Waals surface area contributed by atoms with Crippen LogP contribution in [0.25, 0.3) is 0 Å². The Labute approximate surface area is 161 Å². The number of carboxylic acid groups (broad SMARTS) is 1. The fraction of sp³-hybridized carbons (Fsp3) is 0.300. The van der Waals surface area contributed by atoms with Crippen LogP contribution >= 0.6 is 11.8 Å². The van der Waals surface area contributed by atoms with Gasteiger partial charge in [-0.3, -0.25) is 19.5 Å². The Kier molecular flexibility index (Phi) is 5.91. The van der Waals surface area contributed by atoms with Crippen LogP contribution in [0.5, 0.6) is 0 Å². The molecule has 0 fully saturated rings. The number of aryl methyl sites for hydroxylation is 2. The molecule has 1 aromatic carbocycles. The van der Waals surface area contributed by atoms with Gasteiger partial charge in [-0.2, -0.15) is 0 Å². The van der Waals surface area contributed by atoms with E-state index in [0.29, 0.717) is 29.8 Å². The number of amides is 1. The molecule has 6 nitrogen and oxygen atoms in total. The Hall–Kier alpha value is -2.67. The van der Waals surface area contributed by atoms with Crippen molar-refractivity contribution in [3.63, 3.8) is 0 Å². The average Bonchev–Trinajstić information content (AvgIpc) is 2.67. The molecule has 2 heterocycles. The van der Waals surface area contributed by atoms with E-state index in [1.54, 1.807) is 37.4 Å². The van der Waals surface area contributed by atoms with Gasteiger partial charge >= 0.3 is 5.97 Å². The topological polar surface area (TPSA) is 87.6 Å². The molecule has 3 rings (SSSR count). The molecule has 1 atom stereocenters. The van der Waals surface area contributed by atoms with E-state index >= 15 is 0 Å². The Balaban J connectivity index is 1.68. The number of rotatable bonds is 5. The number of carbonyl (C=O) groups excluding carboxylic acids is 2. The molecule has 0 saturated carbocycles. The third-order valence-electron chi connectivity index (χ3n) is 4.58. The molecular weight excluding hydrogens is 364 g/mol. The quantitative estimate of drug-likeness (QED) is 0.852. The van der Waals surface area contributed by atoms with E-state index in [1.165, 1.54) is 4.90 Å². The zero-order chi connectivity index (χ0) is 19.4. The van der Waals surface area contributed by atoms with E-state index in [-0.39, 0.29) is 23.2 Å². The first-order valence-electron chi connectivity index (χ1n) is 8.70. The van der Waals surface area contributed by atoms with Gasteiger partial charge in [0.1, 0.15) is 6.04 Å². The normalized spacial score (nSPS) is 15.9. The van der Waals surface area contributed by atoms with Gasteiger partial charge in [0.05, 0.1) is 0 Å². The van der Waals surface area contributed by atoms with Crippen LogP contribution in [0.1, 0.15) is 34.5 Å². The van der Waals surface area contributed by atoms with E-state index in [2.05, 4.69) is 4.98 Å². The lowest BCUT2D eigenvalue weighted by atomic mass is 9.95. The highest BCUT2D eigenvalue weighted by atomic mass is 32.2. The molecule has 1 N–H and O–H groups in total. The molecule has 0 bridgehead atoms. The molecule has 140 valence electrons. The SMILES string of the molecule is Cc1ncccc1C(=O)SCCC(=O)N1c2ccccc2CCC1C(=O)O. The predicted molar refractivity (Wildman–Crippen MR) is 104 cm³/mol. The summed E-state index contributed by atoms with van der Waals surface area (Å²) in [6, 6.07) is 9.92. The summed E-state index contributed by atoms with van der Waals surface area (Å²) < 4.78 is 0. The zero-order valence-corrected chi connectivity index (χ0v) is 15.7. The lowest BCUT2D eigenvalue weighted by Crippen LogP contribution is -2.48. The van der Waals surface area contributed by atoms with Gasteiger partial charge in [-0.15, -0.1) is 0 Å². The molecule has 1 unspecified atom stereocenters. The van der Waals surface area contributed by atoms with Crippen molar-refractivity contribution in [2.45, 2.75) is 32.2 Å². The molecule has 0 spiro atoms. The Morgan fingerprint density at radius 3 is 2.74 bits per heavy atom. The second-order valence-corrected chi connectivity index (χ2v) is 7.38. The van der Waals surface area contributed by atoms with E-state index in [1.807, 2.05) is 12.1 Å². The molecule has 1 amide bonds. The van der Waals surface area contributed by atoms with Crippen molar-refractivity contribution in [2.75, 3.05) is 10.7 Å². The van der Waals surface area contributed by atoms with Crippen LogP contribution in [-0.4, -0.2) is 38.9 Å². The van der Waals surface area contributed by atoms with Crippen LogP contribution in [0.3, 0.4) is 0 Å². The predicted octanol–water partition coefficient (Wildman–Crippen LogP) is 3.09. The maximum Gasteiger partial charge on any atom is 0.326 e. The van der Waals surface area contributed by atoms with Crippen molar-refractivity contribution in [2.24, 2.45) is 0 Å². The first-order valence-corrected chi connectivity index (χ1v) is 9.69. The van der Waals surface area contributed by atoms with Gasteiger partial charge in [0, 0.05) is 35.3 Å². The Morgan fingerprint density at radius 2 is 2.00 bits per heavy atom. The number of aromatic nitrogens is 1. The van der Waals surface area contributed by atoms with Crippen molar-refractivity contribution < 1.29 is 19.5 Å². The number of carbonyl (C=O) groups is 3. The van der Waals surface area contributed by atoms with Crippen LogP contribution in [-0.2, 0) is 16.0 Å². The molecule has 1 aromatic heterocycles. The van der Waals surface area contributed by atoms with Crippen LogP contribution in [0, 0.1) is 6.92 Å². The van der Waals surface area contributed by atoms with Crippen molar-refractivity contribution >= 4 is 34.4 Å². The van der Waals surface area contributed by atoms with Crippen molar-refractivity contribution in [1.82, 2.24) is 4.98 Å². The highest BCUT2D eigenvalue weighted by Gasteiger charge is 2.35. The summed E-state index contributed by atoms with van der Waals surface area (Å²) in [5.74, 6) is -0.998. The number of aliphatic carboxylic acids is 1. The summed E-state index contributed by atoms with van der Waals surface area (Å²) in [4.78, 5) is 42.2. The van der Waals surface area contributed by atoms with E-state index in [0.717, 1.165) is 17.3 Å². The van der Waals surface area contributed by atoms with Crippen LogP contribution in [0.15, 0.2) is 42.6 Å². The van der Waals surface area contributed by atoms with Gasteiger partial charge < -0.3 is 5.11 Å². The number of hydrogen-bond acceptors (Lipinski definition) is 5. The second kappa shape index (κ2) is 8.35. The minimum atomic E-state index is -1.01. The number of benzene rings is 1. The van der Waals surface area contributed by atoms with Gasteiger partial charge in [0.25, 0.3) is 0 Å². The molecule has 1 aliphatic heterocycles. The number of anilines is 1. The number of para-hydroxylation sites is 1. The summed E-state index contributed by atoms with van der Waals surface area (Å²) in [5, 5.41) is 9.38. The number of hydrogen-bond donors (Lipinski definition) is 1. The lowest BCUT2D eigenvalue weighted by molar-refractivity contribution is -0.140. The minimum Gasteiger partial charge on any atom is -0.480 e. The average molecular weight is 384 g/mol. The van der Waals surface area contributed by atoms with E-state index in [4.69, 9.17) is 0 Å². The first-order chi connectivity index (χ1) is 13.0. The summed E-state index contributed by atoms with van der Waals surface area (Å²) in [6.07, 6.45) is 2.73. The number of fused-ring (bicyclic) bond motifs is 1. The van der Waals surface area contributed by atoms with Crippen LogP contribution in [0.4, 0.5) is 5.69 Å². The second-order valence-electron chi connectivity index (χ2n) is 6.31.